The summed E-state index contributed by atoms with van der Waals surface area (Å²) in [6.45, 7) is 2.05. The van der Waals surface area contributed by atoms with Crippen LogP contribution in [0.2, 0.25) is 0 Å². The van der Waals surface area contributed by atoms with E-state index in [2.05, 4.69) is 10.6 Å². The Morgan fingerprint density at radius 1 is 1.37 bits per heavy atom. The topological polar surface area (TPSA) is 61.4 Å². The van der Waals surface area contributed by atoms with Gasteiger partial charge in [0.05, 0.1) is 11.3 Å². The summed E-state index contributed by atoms with van der Waals surface area (Å²) in [6.07, 6.45) is 2.85. The zero-order chi connectivity index (χ0) is 13.8. The van der Waals surface area contributed by atoms with Gasteiger partial charge in [-0.05, 0) is 25.1 Å². The number of aromatic carboxylic acids is 1. The van der Waals surface area contributed by atoms with E-state index < -0.39 is 23.2 Å². The lowest BCUT2D eigenvalue weighted by atomic mass is 10.1. The number of benzene rings is 1. The number of anilines is 1. The number of carboxylic acids is 1. The quantitative estimate of drug-likeness (QED) is 0.731. The monoisotopic (exact) mass is 268 g/mol. The van der Waals surface area contributed by atoms with Gasteiger partial charge < -0.3 is 15.7 Å². The van der Waals surface area contributed by atoms with Crippen molar-refractivity contribution in [1.82, 2.24) is 5.32 Å². The predicted octanol–water partition coefficient (Wildman–Crippen LogP) is 1.99. The van der Waals surface area contributed by atoms with Gasteiger partial charge in [0.15, 0.2) is 11.6 Å². The second kappa shape index (κ2) is 5.79. The number of hydrogen-bond acceptors (Lipinski definition) is 3. The van der Waals surface area contributed by atoms with Crippen LogP contribution < -0.4 is 10.6 Å². The molecule has 0 unspecified atom stereocenters. The smallest absolute Gasteiger partial charge is 0.338 e. The molecule has 102 valence electrons. The fourth-order valence-corrected chi connectivity index (χ4v) is 1.89. The average Bonchev–Trinajstić information content (AvgIpc) is 2.41. The SMILES string of the molecule is O=C(O)c1ccc(NCC2=CCNCC2)c(F)c1F. The molecule has 6 heteroatoms. The van der Waals surface area contributed by atoms with Gasteiger partial charge in [-0.2, -0.15) is 0 Å². The van der Waals surface area contributed by atoms with Crippen molar-refractivity contribution in [2.45, 2.75) is 6.42 Å². The Bertz CT molecular complexity index is 530. The highest BCUT2D eigenvalue weighted by Crippen LogP contribution is 2.21. The summed E-state index contributed by atoms with van der Waals surface area (Å²) in [4.78, 5) is 10.6. The molecule has 0 fully saturated rings. The molecule has 4 nitrogen and oxygen atoms in total. The summed E-state index contributed by atoms with van der Waals surface area (Å²) in [6, 6.07) is 2.30. The lowest BCUT2D eigenvalue weighted by Crippen LogP contribution is -2.23. The third-order valence-corrected chi connectivity index (χ3v) is 2.98. The minimum Gasteiger partial charge on any atom is -0.478 e. The summed E-state index contributed by atoms with van der Waals surface area (Å²) in [5.74, 6) is -3.98. The lowest BCUT2D eigenvalue weighted by Gasteiger charge is -2.15. The summed E-state index contributed by atoms with van der Waals surface area (Å²) in [7, 11) is 0. The molecule has 3 N–H and O–H groups in total. The molecule has 1 aliphatic rings. The molecule has 1 heterocycles. The number of halogens is 2. The third kappa shape index (κ3) is 3.08. The largest absolute Gasteiger partial charge is 0.478 e. The van der Waals surface area contributed by atoms with E-state index in [9.17, 15) is 13.6 Å². The predicted molar refractivity (Wildman–Crippen MR) is 67.4 cm³/mol. The molecule has 1 aromatic carbocycles. The van der Waals surface area contributed by atoms with Crippen molar-refractivity contribution in [3.63, 3.8) is 0 Å². The Morgan fingerprint density at radius 2 is 2.16 bits per heavy atom. The van der Waals surface area contributed by atoms with Crippen molar-refractivity contribution in [2.75, 3.05) is 25.0 Å². The van der Waals surface area contributed by atoms with Crippen LogP contribution in [0.5, 0.6) is 0 Å². The van der Waals surface area contributed by atoms with Gasteiger partial charge in [-0.1, -0.05) is 11.6 Å². The second-order valence-corrected chi connectivity index (χ2v) is 4.26. The Balaban J connectivity index is 2.11. The van der Waals surface area contributed by atoms with Crippen LogP contribution in [0.25, 0.3) is 0 Å². The first-order valence-electron chi connectivity index (χ1n) is 5.93. The number of nitrogens with one attached hydrogen (secondary N) is 2. The van der Waals surface area contributed by atoms with Gasteiger partial charge in [0, 0.05) is 13.1 Å². The van der Waals surface area contributed by atoms with E-state index in [1.54, 1.807) is 0 Å². The Morgan fingerprint density at radius 3 is 2.79 bits per heavy atom. The van der Waals surface area contributed by atoms with Gasteiger partial charge in [-0.15, -0.1) is 0 Å². The van der Waals surface area contributed by atoms with E-state index in [4.69, 9.17) is 5.11 Å². The first-order chi connectivity index (χ1) is 9.09. The van der Waals surface area contributed by atoms with Crippen LogP contribution in [-0.4, -0.2) is 30.7 Å². The van der Waals surface area contributed by atoms with Crippen molar-refractivity contribution < 1.29 is 18.7 Å². The highest BCUT2D eigenvalue weighted by Gasteiger charge is 2.17. The molecule has 0 atom stereocenters. The standard InChI is InChI=1S/C13H14F2N2O2/c14-11-9(13(18)19)1-2-10(12(11)15)17-7-8-3-5-16-6-4-8/h1-3,16-17H,4-7H2,(H,18,19). The summed E-state index contributed by atoms with van der Waals surface area (Å²) in [5.41, 5.74) is 0.423. The third-order valence-electron chi connectivity index (χ3n) is 2.98. The van der Waals surface area contributed by atoms with Gasteiger partial charge >= 0.3 is 5.97 Å². The normalized spacial score (nSPS) is 14.9. The van der Waals surface area contributed by atoms with Crippen LogP contribution in [-0.2, 0) is 0 Å². The van der Waals surface area contributed by atoms with Crippen LogP contribution in [0.1, 0.15) is 16.8 Å². The van der Waals surface area contributed by atoms with Crippen LogP contribution in [0.3, 0.4) is 0 Å². The zero-order valence-electron chi connectivity index (χ0n) is 10.2. The second-order valence-electron chi connectivity index (χ2n) is 4.26. The van der Waals surface area contributed by atoms with Gasteiger partial charge in [0.1, 0.15) is 0 Å². The van der Waals surface area contributed by atoms with Gasteiger partial charge in [0.25, 0.3) is 0 Å². The first-order valence-corrected chi connectivity index (χ1v) is 5.93. The molecule has 0 amide bonds. The highest BCUT2D eigenvalue weighted by molar-refractivity contribution is 5.88. The molecule has 0 saturated heterocycles. The fraction of sp³-hybridized carbons (Fsp3) is 0.308. The lowest BCUT2D eigenvalue weighted by molar-refractivity contribution is 0.0690. The number of carboxylic acid groups (broad SMARTS) is 1. The zero-order valence-corrected chi connectivity index (χ0v) is 10.2. The van der Waals surface area contributed by atoms with Crippen LogP contribution in [0, 0.1) is 11.6 Å². The van der Waals surface area contributed by atoms with Crippen molar-refractivity contribution in [2.24, 2.45) is 0 Å². The molecular weight excluding hydrogens is 254 g/mol. The average molecular weight is 268 g/mol. The molecular formula is C13H14F2N2O2. The van der Waals surface area contributed by atoms with E-state index in [1.807, 2.05) is 6.08 Å². The van der Waals surface area contributed by atoms with E-state index >= 15 is 0 Å². The molecule has 1 aliphatic heterocycles. The molecule has 1 aromatic rings. The Kier molecular flexibility index (Phi) is 4.11. The minimum atomic E-state index is -1.48. The summed E-state index contributed by atoms with van der Waals surface area (Å²) in [5, 5.41) is 14.6. The van der Waals surface area contributed by atoms with Crippen molar-refractivity contribution in [3.8, 4) is 0 Å². The fourth-order valence-electron chi connectivity index (χ4n) is 1.89. The first kappa shape index (κ1) is 13.5. The molecule has 0 bridgehead atoms. The van der Waals surface area contributed by atoms with E-state index in [0.717, 1.165) is 31.1 Å². The number of hydrogen-bond donors (Lipinski definition) is 3. The van der Waals surface area contributed by atoms with E-state index in [0.29, 0.717) is 6.54 Å². The minimum absolute atomic E-state index is 0.0260. The summed E-state index contributed by atoms with van der Waals surface area (Å²) < 4.78 is 27.1. The molecule has 0 radical (unpaired) electrons. The molecule has 19 heavy (non-hydrogen) atoms. The van der Waals surface area contributed by atoms with E-state index in [1.165, 1.54) is 6.07 Å². The molecule has 0 aromatic heterocycles. The molecule has 0 spiro atoms. The van der Waals surface area contributed by atoms with E-state index in [-0.39, 0.29) is 5.69 Å². The Hall–Kier alpha value is -1.95. The number of rotatable bonds is 4. The molecule has 0 saturated carbocycles. The Labute approximate surface area is 109 Å². The van der Waals surface area contributed by atoms with Gasteiger partial charge in [-0.3, -0.25) is 0 Å². The van der Waals surface area contributed by atoms with Gasteiger partial charge in [-0.25, -0.2) is 13.6 Å². The van der Waals surface area contributed by atoms with Crippen molar-refractivity contribution in [1.29, 1.82) is 0 Å². The molecule has 2 rings (SSSR count). The number of carbonyl (C=O) groups is 1. The van der Waals surface area contributed by atoms with Crippen molar-refractivity contribution in [3.05, 3.63) is 41.0 Å². The van der Waals surface area contributed by atoms with Crippen LogP contribution in [0.4, 0.5) is 14.5 Å². The maximum absolute atomic E-state index is 13.6. The van der Waals surface area contributed by atoms with Gasteiger partial charge in [0.2, 0.25) is 0 Å². The maximum Gasteiger partial charge on any atom is 0.338 e. The van der Waals surface area contributed by atoms with Crippen molar-refractivity contribution >= 4 is 11.7 Å². The summed E-state index contributed by atoms with van der Waals surface area (Å²) >= 11 is 0. The van der Waals surface area contributed by atoms with Crippen LogP contribution >= 0.6 is 0 Å². The molecule has 0 aliphatic carbocycles. The van der Waals surface area contributed by atoms with Crippen LogP contribution in [0.15, 0.2) is 23.8 Å². The maximum atomic E-state index is 13.6. The highest BCUT2D eigenvalue weighted by atomic mass is 19.2.